The molecular formula is C2O8. The van der Waals surface area contributed by atoms with E-state index in [1.165, 1.54) is 0 Å². The molecule has 0 rings (SSSR count). The van der Waals surface area contributed by atoms with Crippen LogP contribution in [-0.4, -0.2) is 12.9 Å². The summed E-state index contributed by atoms with van der Waals surface area (Å²) in [6.45, 7) is 1.62. The van der Waals surface area contributed by atoms with Crippen LogP contribution in [-0.2, 0) is 39.5 Å². The third kappa shape index (κ3) is 6.78. The van der Waals surface area contributed by atoms with Gasteiger partial charge in [-0.2, -0.15) is 0 Å². The molecule has 0 saturated heterocycles. The maximum Gasteiger partial charge on any atom is 0.456 e. The van der Waals surface area contributed by atoms with Crippen molar-refractivity contribution in [1.29, 1.82) is 0 Å². The van der Waals surface area contributed by atoms with E-state index >= 15 is 0 Å². The van der Waals surface area contributed by atoms with Crippen LogP contribution in [0.2, 0.25) is 0 Å². The number of hydrogen-bond acceptors (Lipinski definition) is 8. The van der Waals surface area contributed by atoms with Gasteiger partial charge in [0.15, 0.2) is 0 Å². The molecule has 0 aliphatic rings. The van der Waals surface area contributed by atoms with Gasteiger partial charge >= 0.3 is 12.9 Å². The Kier molecular flexibility index (Phi) is 6.83. The number of carbonyl (C=O) groups excluding carboxylic acids is 2. The second kappa shape index (κ2) is 7.78. The van der Waals surface area contributed by atoms with Gasteiger partial charge < -0.3 is 0 Å². The summed E-state index contributed by atoms with van der Waals surface area (Å²) in [5.74, 6) is 0. The molecule has 0 saturated carbocycles. The molecule has 0 atom stereocenters. The molecule has 0 aromatic rings. The molecule has 0 unspecified atom stereocenters. The van der Waals surface area contributed by atoms with Crippen molar-refractivity contribution < 1.29 is 39.5 Å². The highest BCUT2D eigenvalue weighted by Crippen LogP contribution is 1.82. The van der Waals surface area contributed by atoms with Gasteiger partial charge in [-0.1, -0.05) is 0 Å². The third-order valence-electron chi connectivity index (χ3n) is 0.219. The first-order chi connectivity index (χ1) is 4.91. The molecule has 0 bridgehead atoms. The Morgan fingerprint density at radius 2 is 1.10 bits per heavy atom. The van der Waals surface area contributed by atoms with E-state index in [1.807, 2.05) is 0 Å². The zero-order chi connectivity index (χ0) is 7.66. The summed E-state index contributed by atoms with van der Waals surface area (Å²) < 4.78 is 0. The second-order valence-electron chi connectivity index (χ2n) is 0.605. The van der Waals surface area contributed by atoms with Gasteiger partial charge in [0.1, 0.15) is 0 Å². The molecule has 2 radical (unpaired) electrons. The fourth-order valence-electron chi connectivity index (χ4n) is 0.0782. The van der Waals surface area contributed by atoms with Crippen molar-refractivity contribution in [1.82, 2.24) is 0 Å². The van der Waals surface area contributed by atoms with E-state index < -0.39 is 0 Å². The summed E-state index contributed by atoms with van der Waals surface area (Å²) in [6, 6.07) is 0. The molecule has 8 heteroatoms. The lowest BCUT2D eigenvalue weighted by Crippen LogP contribution is -1.98. The molecule has 0 N–H and O–H groups in total. The van der Waals surface area contributed by atoms with E-state index in [0.29, 0.717) is 0 Å². The fraction of sp³-hybridized carbons (Fsp3) is 0. The molecule has 0 aromatic carbocycles. The largest absolute Gasteiger partial charge is 0.456 e. The van der Waals surface area contributed by atoms with Crippen molar-refractivity contribution in [3.8, 4) is 0 Å². The summed E-state index contributed by atoms with van der Waals surface area (Å²) in [5, 5.41) is 13.4. The van der Waals surface area contributed by atoms with Crippen molar-refractivity contribution in [2.45, 2.75) is 0 Å². The fourth-order valence-corrected chi connectivity index (χ4v) is 0.0782. The Labute approximate surface area is 53.8 Å². The van der Waals surface area contributed by atoms with E-state index in [2.05, 4.69) is 29.9 Å². The highest BCUT2D eigenvalue weighted by molar-refractivity contribution is 5.36. The average molecular weight is 152 g/mol. The predicted octanol–water partition coefficient (Wildman–Crippen LogP) is -1.20. The SMILES string of the molecule is O=[C]OOOOOO[C]=O. The maximum atomic E-state index is 9.15. The first-order valence-corrected chi connectivity index (χ1v) is 1.65. The summed E-state index contributed by atoms with van der Waals surface area (Å²) in [4.78, 5) is 25.0. The van der Waals surface area contributed by atoms with Gasteiger partial charge in [0, 0.05) is 20.2 Å². The normalized spacial score (nSPS) is 8.40. The predicted molar refractivity (Wildman–Crippen MR) is 17.9 cm³/mol. The Morgan fingerprint density at radius 3 is 1.40 bits per heavy atom. The van der Waals surface area contributed by atoms with E-state index in [0.717, 1.165) is 12.9 Å². The van der Waals surface area contributed by atoms with Gasteiger partial charge in [-0.15, -0.1) is 0 Å². The van der Waals surface area contributed by atoms with E-state index in [-0.39, 0.29) is 0 Å². The van der Waals surface area contributed by atoms with Gasteiger partial charge in [0.2, 0.25) is 0 Å². The molecule has 0 spiro atoms. The van der Waals surface area contributed by atoms with E-state index in [1.54, 1.807) is 0 Å². The smallest absolute Gasteiger partial charge is 0.253 e. The molecule has 0 aliphatic heterocycles. The van der Waals surface area contributed by atoms with Crippen molar-refractivity contribution in [2.24, 2.45) is 0 Å². The highest BCUT2D eigenvalue weighted by atomic mass is 17.8. The lowest BCUT2D eigenvalue weighted by molar-refractivity contribution is -0.738. The van der Waals surface area contributed by atoms with Crippen LogP contribution >= 0.6 is 0 Å². The zero-order valence-electron chi connectivity index (χ0n) is 4.27. The molecular weight excluding hydrogens is 152 g/mol. The zero-order valence-corrected chi connectivity index (χ0v) is 4.27. The summed E-state index contributed by atoms with van der Waals surface area (Å²) >= 11 is 0. The summed E-state index contributed by atoms with van der Waals surface area (Å²) in [7, 11) is 0. The molecule has 8 nitrogen and oxygen atoms in total. The number of hydrogen-bond donors (Lipinski definition) is 0. The molecule has 10 heavy (non-hydrogen) atoms. The lowest BCUT2D eigenvalue weighted by Gasteiger charge is -1.91. The van der Waals surface area contributed by atoms with Crippen LogP contribution in [0.1, 0.15) is 0 Å². The topological polar surface area (TPSA) is 89.5 Å². The monoisotopic (exact) mass is 152 g/mol. The second-order valence-corrected chi connectivity index (χ2v) is 0.605. The van der Waals surface area contributed by atoms with Crippen LogP contribution in [0, 0.1) is 0 Å². The summed E-state index contributed by atoms with van der Waals surface area (Å²) in [6.07, 6.45) is 0. The maximum absolute atomic E-state index is 9.15. The van der Waals surface area contributed by atoms with Crippen molar-refractivity contribution >= 4 is 12.9 Å². The standard InChI is InChI=1S/C2O8/c3-1-5-7-9-10-8-6-2-4. The third-order valence-corrected chi connectivity index (χ3v) is 0.219. The average Bonchev–Trinajstić information content (AvgIpc) is 1.97. The van der Waals surface area contributed by atoms with Crippen LogP contribution < -0.4 is 0 Å². The van der Waals surface area contributed by atoms with Gasteiger partial charge in [-0.3, -0.25) is 9.78 Å². The molecule has 56 valence electrons. The molecule has 0 amide bonds. The summed E-state index contributed by atoms with van der Waals surface area (Å²) in [5.41, 5.74) is 0. The van der Waals surface area contributed by atoms with Crippen LogP contribution in [0.5, 0.6) is 0 Å². The first kappa shape index (κ1) is 8.78. The van der Waals surface area contributed by atoms with Crippen molar-refractivity contribution in [3.63, 3.8) is 0 Å². The minimum atomic E-state index is 0.808. The van der Waals surface area contributed by atoms with Gasteiger partial charge in [0.05, 0.1) is 0 Å². The number of rotatable bonds is 7. The van der Waals surface area contributed by atoms with Crippen LogP contribution in [0.3, 0.4) is 0 Å². The van der Waals surface area contributed by atoms with Crippen LogP contribution in [0.25, 0.3) is 0 Å². The van der Waals surface area contributed by atoms with E-state index in [9.17, 15) is 0 Å². The Morgan fingerprint density at radius 1 is 0.700 bits per heavy atom. The van der Waals surface area contributed by atoms with E-state index in [4.69, 9.17) is 9.59 Å². The van der Waals surface area contributed by atoms with Gasteiger partial charge in [-0.05, 0) is 0 Å². The Balaban J connectivity index is 2.76. The highest BCUT2D eigenvalue weighted by Gasteiger charge is 1.91. The molecule has 0 fully saturated rings. The van der Waals surface area contributed by atoms with Gasteiger partial charge in [0.25, 0.3) is 0 Å². The first-order valence-electron chi connectivity index (χ1n) is 1.65. The van der Waals surface area contributed by atoms with Crippen molar-refractivity contribution in [3.05, 3.63) is 0 Å². The molecule has 0 heterocycles. The van der Waals surface area contributed by atoms with Crippen molar-refractivity contribution in [2.75, 3.05) is 0 Å². The Hall–Kier alpha value is -1.22. The van der Waals surface area contributed by atoms with Crippen LogP contribution in [0.15, 0.2) is 0 Å². The Bertz CT molecular complexity index is 77.3. The quantitative estimate of drug-likeness (QED) is 0.255. The molecule has 0 aromatic heterocycles. The van der Waals surface area contributed by atoms with Gasteiger partial charge in [-0.25, -0.2) is 9.59 Å². The minimum Gasteiger partial charge on any atom is -0.253 e. The lowest BCUT2D eigenvalue weighted by atomic mass is 11.7. The molecule has 0 aliphatic carbocycles. The van der Waals surface area contributed by atoms with Crippen LogP contribution in [0.4, 0.5) is 0 Å². The minimum absolute atomic E-state index is 0.808.